The van der Waals surface area contributed by atoms with Crippen LogP contribution in [0.2, 0.25) is 10.0 Å². The number of hydrogen-bond donors (Lipinski definition) is 2. The number of nitrogens with zero attached hydrogens (tertiary/aromatic N) is 2. The Morgan fingerprint density at radius 1 is 1.17 bits per heavy atom. The van der Waals surface area contributed by atoms with Crippen LogP contribution in [0, 0.1) is 0 Å². The molecule has 1 fully saturated rings. The van der Waals surface area contributed by atoms with Gasteiger partial charge in [0.15, 0.2) is 0 Å². The van der Waals surface area contributed by atoms with Gasteiger partial charge in [-0.2, -0.15) is 0 Å². The molecule has 154 valence electrons. The highest BCUT2D eigenvalue weighted by Gasteiger charge is 2.18. The van der Waals surface area contributed by atoms with E-state index in [4.69, 9.17) is 23.2 Å². The number of carbonyl (C=O) groups is 2. The van der Waals surface area contributed by atoms with Crippen LogP contribution in [-0.2, 0) is 11.3 Å². The van der Waals surface area contributed by atoms with Gasteiger partial charge in [0.1, 0.15) is 5.82 Å². The number of halogens is 2. The number of benzene rings is 1. The summed E-state index contributed by atoms with van der Waals surface area (Å²) in [5.74, 6) is 0.364. The molecule has 2 N–H and O–H groups in total. The Balaban J connectivity index is 1.73. The molecule has 2 heterocycles. The normalized spacial score (nSPS) is 13.4. The van der Waals surface area contributed by atoms with Crippen LogP contribution in [0.4, 0.5) is 11.5 Å². The summed E-state index contributed by atoms with van der Waals surface area (Å²) in [5.41, 5.74) is 1.46. The fraction of sp³-hybridized carbons (Fsp3) is 0.381. The molecule has 1 aromatic carbocycles. The summed E-state index contributed by atoms with van der Waals surface area (Å²) >= 11 is 12.3. The van der Waals surface area contributed by atoms with Crippen LogP contribution in [0.1, 0.15) is 48.5 Å². The highest BCUT2D eigenvalue weighted by atomic mass is 35.5. The lowest BCUT2D eigenvalue weighted by Crippen LogP contribution is -2.25. The van der Waals surface area contributed by atoms with Gasteiger partial charge in [0.05, 0.1) is 16.3 Å². The molecule has 8 heteroatoms. The van der Waals surface area contributed by atoms with Gasteiger partial charge in [0.25, 0.3) is 5.91 Å². The van der Waals surface area contributed by atoms with Gasteiger partial charge in [-0.25, -0.2) is 4.98 Å². The molecule has 0 saturated carbocycles. The van der Waals surface area contributed by atoms with Crippen molar-refractivity contribution in [3.63, 3.8) is 0 Å². The number of hydrogen-bond acceptors (Lipinski definition) is 4. The first-order chi connectivity index (χ1) is 14.0. The van der Waals surface area contributed by atoms with Crippen LogP contribution in [0.15, 0.2) is 30.5 Å². The maximum atomic E-state index is 12.8. The lowest BCUT2D eigenvalue weighted by atomic mass is 10.1. The van der Waals surface area contributed by atoms with E-state index in [1.54, 1.807) is 6.20 Å². The number of rotatable bonds is 7. The van der Waals surface area contributed by atoms with Crippen LogP contribution in [0.3, 0.4) is 0 Å². The van der Waals surface area contributed by atoms with Crippen molar-refractivity contribution in [2.75, 3.05) is 23.3 Å². The number of anilines is 2. The zero-order valence-corrected chi connectivity index (χ0v) is 17.8. The lowest BCUT2D eigenvalue weighted by Gasteiger charge is -2.17. The van der Waals surface area contributed by atoms with Crippen molar-refractivity contribution >= 4 is 46.5 Å². The number of nitrogens with one attached hydrogen (secondary N) is 2. The monoisotopic (exact) mass is 434 g/mol. The first kappa shape index (κ1) is 21.4. The molecule has 0 atom stereocenters. The Labute approximate surface area is 180 Å². The minimum atomic E-state index is -0.360. The third-order valence-corrected chi connectivity index (χ3v) is 5.25. The Hall–Kier alpha value is -2.31. The molecule has 1 aliphatic rings. The molecule has 3 rings (SSSR count). The van der Waals surface area contributed by atoms with Gasteiger partial charge in [-0.1, -0.05) is 30.1 Å². The van der Waals surface area contributed by atoms with Crippen molar-refractivity contribution in [3.05, 3.63) is 51.6 Å². The fourth-order valence-corrected chi connectivity index (χ4v) is 3.82. The van der Waals surface area contributed by atoms with Gasteiger partial charge in [-0.05, 0) is 49.1 Å². The van der Waals surface area contributed by atoms with E-state index in [2.05, 4.69) is 20.5 Å². The van der Waals surface area contributed by atoms with E-state index in [1.807, 2.05) is 19.1 Å². The minimum Gasteiger partial charge on any atom is -0.357 e. The number of aromatic nitrogens is 1. The first-order valence-corrected chi connectivity index (χ1v) is 10.5. The highest BCUT2D eigenvalue weighted by Crippen LogP contribution is 2.30. The zero-order chi connectivity index (χ0) is 20.8. The van der Waals surface area contributed by atoms with Crippen LogP contribution in [0.25, 0.3) is 0 Å². The molecule has 0 unspecified atom stereocenters. The third-order valence-electron chi connectivity index (χ3n) is 4.73. The van der Waals surface area contributed by atoms with Crippen molar-refractivity contribution in [3.8, 4) is 0 Å². The van der Waals surface area contributed by atoms with Gasteiger partial charge < -0.3 is 15.5 Å². The number of pyridine rings is 1. The van der Waals surface area contributed by atoms with E-state index >= 15 is 0 Å². The average molecular weight is 435 g/mol. The smallest absolute Gasteiger partial charge is 0.253 e. The van der Waals surface area contributed by atoms with E-state index < -0.39 is 0 Å². The third kappa shape index (κ3) is 5.61. The summed E-state index contributed by atoms with van der Waals surface area (Å²) in [4.78, 5) is 31.5. The molecular formula is C21H24Cl2N4O2. The molecule has 6 nitrogen and oxygen atoms in total. The molecule has 2 amide bonds. The van der Waals surface area contributed by atoms with Gasteiger partial charge in [-0.3, -0.25) is 9.59 Å². The molecule has 0 radical (unpaired) electrons. The second kappa shape index (κ2) is 9.94. The lowest BCUT2D eigenvalue weighted by molar-refractivity contribution is -0.116. The first-order valence-electron chi connectivity index (χ1n) is 9.75. The van der Waals surface area contributed by atoms with Crippen molar-refractivity contribution in [2.24, 2.45) is 0 Å². The van der Waals surface area contributed by atoms with Crippen molar-refractivity contribution in [1.29, 1.82) is 0 Å². The molecule has 1 aromatic heterocycles. The molecule has 1 saturated heterocycles. The Bertz CT molecular complexity index is 898. The number of carbonyl (C=O) groups excluding carboxylic acids is 2. The average Bonchev–Trinajstić information content (AvgIpc) is 3.23. The summed E-state index contributed by atoms with van der Waals surface area (Å²) < 4.78 is 0. The molecule has 0 bridgehead atoms. The fourth-order valence-electron chi connectivity index (χ4n) is 3.28. The van der Waals surface area contributed by atoms with Crippen molar-refractivity contribution in [2.45, 2.75) is 39.2 Å². The predicted octanol–water partition coefficient (Wildman–Crippen LogP) is 4.66. The van der Waals surface area contributed by atoms with Crippen molar-refractivity contribution < 1.29 is 9.59 Å². The Morgan fingerprint density at radius 2 is 1.93 bits per heavy atom. The minimum absolute atomic E-state index is 0.199. The Morgan fingerprint density at radius 3 is 2.66 bits per heavy atom. The zero-order valence-electron chi connectivity index (χ0n) is 16.3. The van der Waals surface area contributed by atoms with E-state index in [0.717, 1.165) is 24.5 Å². The predicted molar refractivity (Wildman–Crippen MR) is 117 cm³/mol. The van der Waals surface area contributed by atoms with E-state index in [1.165, 1.54) is 25.0 Å². The van der Waals surface area contributed by atoms with Gasteiger partial charge >= 0.3 is 0 Å². The number of amides is 2. The second-order valence-electron chi connectivity index (χ2n) is 7.01. The quantitative estimate of drug-likeness (QED) is 0.664. The van der Waals surface area contributed by atoms with Crippen molar-refractivity contribution in [1.82, 2.24) is 10.3 Å². The highest BCUT2D eigenvalue weighted by molar-refractivity contribution is 6.38. The summed E-state index contributed by atoms with van der Waals surface area (Å²) in [6, 6.07) is 6.87. The van der Waals surface area contributed by atoms with Crippen LogP contribution >= 0.6 is 23.2 Å². The molecule has 2 aromatic rings. The summed E-state index contributed by atoms with van der Waals surface area (Å²) in [5, 5.41) is 6.16. The molecule has 1 aliphatic heterocycles. The van der Waals surface area contributed by atoms with E-state index in [9.17, 15) is 9.59 Å². The van der Waals surface area contributed by atoms with Gasteiger partial charge in [0, 0.05) is 37.3 Å². The largest absolute Gasteiger partial charge is 0.357 e. The summed E-state index contributed by atoms with van der Waals surface area (Å²) in [7, 11) is 0. The second-order valence-corrected chi connectivity index (χ2v) is 7.85. The van der Waals surface area contributed by atoms with Crippen LogP contribution in [0.5, 0.6) is 0 Å². The van der Waals surface area contributed by atoms with Gasteiger partial charge in [0.2, 0.25) is 5.91 Å². The molecular weight excluding hydrogens is 411 g/mol. The standard InChI is InChI=1S/C21H24Cl2N4O2/c1-2-5-19(28)26-20-16(11-15(22)12-17(20)23)21(29)25-13-14-6-7-24-18(10-14)27-8-3-4-9-27/h6-7,10-12H,2-5,8-9,13H2,1H3,(H,25,29)(H,26,28). The maximum Gasteiger partial charge on any atom is 0.253 e. The summed E-state index contributed by atoms with van der Waals surface area (Å²) in [6.45, 7) is 4.24. The van der Waals surface area contributed by atoms with Gasteiger partial charge in [-0.15, -0.1) is 0 Å². The maximum absolute atomic E-state index is 12.8. The molecule has 29 heavy (non-hydrogen) atoms. The molecule has 0 aliphatic carbocycles. The molecule has 0 spiro atoms. The SMILES string of the molecule is CCCC(=O)Nc1c(Cl)cc(Cl)cc1C(=O)NCc1ccnc(N2CCCC2)c1. The summed E-state index contributed by atoms with van der Waals surface area (Å²) in [6.07, 6.45) is 5.13. The Kier molecular flexibility index (Phi) is 7.34. The topological polar surface area (TPSA) is 74.3 Å². The van der Waals surface area contributed by atoms with Crippen LogP contribution < -0.4 is 15.5 Å². The van der Waals surface area contributed by atoms with E-state index in [-0.39, 0.29) is 28.1 Å². The van der Waals surface area contributed by atoms with Crippen LogP contribution in [-0.4, -0.2) is 29.9 Å². The van der Waals surface area contributed by atoms with E-state index in [0.29, 0.717) is 24.4 Å².